The van der Waals surface area contributed by atoms with E-state index in [1.807, 2.05) is 30.3 Å². The Kier molecular flexibility index (Phi) is 4.73. The van der Waals surface area contributed by atoms with Gasteiger partial charge in [0.1, 0.15) is 11.5 Å². The molecular weight excluding hydrogens is 326 g/mol. The number of carbonyl (C=O) groups excluding carboxylic acids is 1. The Labute approximate surface area is 152 Å². The van der Waals surface area contributed by atoms with Crippen LogP contribution in [0.25, 0.3) is 10.9 Å². The van der Waals surface area contributed by atoms with Gasteiger partial charge in [0.2, 0.25) is 0 Å². The molecule has 0 unspecified atom stereocenters. The molecule has 3 aromatic rings. The Hall–Kier alpha value is -3.02. The highest BCUT2D eigenvalue weighted by atomic mass is 16.1. The number of nitrogens with one attached hydrogen (secondary N) is 1. The summed E-state index contributed by atoms with van der Waals surface area (Å²) in [4.78, 5) is 27.9. The maximum Gasteiger partial charge on any atom is 0.275 e. The van der Waals surface area contributed by atoms with E-state index in [9.17, 15) is 4.79 Å². The first-order chi connectivity index (χ1) is 12.8. The smallest absolute Gasteiger partial charge is 0.275 e. The Morgan fingerprint density at radius 3 is 2.50 bits per heavy atom. The van der Waals surface area contributed by atoms with Gasteiger partial charge >= 0.3 is 0 Å². The van der Waals surface area contributed by atoms with E-state index in [0.29, 0.717) is 11.4 Å². The number of pyridine rings is 1. The zero-order valence-corrected chi connectivity index (χ0v) is 14.6. The highest BCUT2D eigenvalue weighted by Gasteiger charge is 2.14. The van der Waals surface area contributed by atoms with Crippen LogP contribution in [0, 0.1) is 0 Å². The first kappa shape index (κ1) is 16.4. The molecule has 1 aliphatic heterocycles. The number of hydrogen-bond donors (Lipinski definition) is 1. The molecule has 0 saturated carbocycles. The average molecular weight is 347 g/mol. The molecule has 0 radical (unpaired) electrons. The standard InChI is InChI=1S/C20H21N5O/c26-20(24-16-9-5-7-15-8-6-10-21-19(15)16)17-13-23-18(14-22-17)25-11-3-1-2-4-12-25/h5-10,13-14H,1-4,11-12H2,(H,24,26). The second-order valence-electron chi connectivity index (χ2n) is 6.50. The molecule has 6 nitrogen and oxygen atoms in total. The van der Waals surface area contributed by atoms with E-state index in [1.54, 1.807) is 18.6 Å². The van der Waals surface area contributed by atoms with Crippen LogP contribution >= 0.6 is 0 Å². The lowest BCUT2D eigenvalue weighted by molar-refractivity contribution is 0.102. The second-order valence-corrected chi connectivity index (χ2v) is 6.50. The van der Waals surface area contributed by atoms with Crippen molar-refractivity contribution in [1.29, 1.82) is 0 Å². The van der Waals surface area contributed by atoms with Crippen molar-refractivity contribution in [3.8, 4) is 0 Å². The lowest BCUT2D eigenvalue weighted by Gasteiger charge is -2.20. The zero-order valence-electron chi connectivity index (χ0n) is 14.6. The van der Waals surface area contributed by atoms with Gasteiger partial charge < -0.3 is 10.2 Å². The first-order valence-electron chi connectivity index (χ1n) is 9.03. The minimum atomic E-state index is -0.280. The quantitative estimate of drug-likeness (QED) is 0.783. The molecule has 2 aromatic heterocycles. The van der Waals surface area contributed by atoms with E-state index < -0.39 is 0 Å². The molecule has 4 rings (SSSR count). The summed E-state index contributed by atoms with van der Waals surface area (Å²) >= 11 is 0. The minimum absolute atomic E-state index is 0.280. The number of amides is 1. The van der Waals surface area contributed by atoms with E-state index in [4.69, 9.17) is 0 Å². The summed E-state index contributed by atoms with van der Waals surface area (Å²) in [6.07, 6.45) is 9.85. The van der Waals surface area contributed by atoms with Gasteiger partial charge in [-0.1, -0.05) is 31.0 Å². The zero-order chi connectivity index (χ0) is 17.8. The third-order valence-electron chi connectivity index (χ3n) is 4.68. The molecule has 3 heterocycles. The van der Waals surface area contributed by atoms with Crippen LogP contribution in [0.1, 0.15) is 36.2 Å². The predicted molar refractivity (Wildman–Crippen MR) is 102 cm³/mol. The van der Waals surface area contributed by atoms with Crippen molar-refractivity contribution in [2.24, 2.45) is 0 Å². The summed E-state index contributed by atoms with van der Waals surface area (Å²) in [7, 11) is 0. The molecule has 1 saturated heterocycles. The molecule has 132 valence electrons. The van der Waals surface area contributed by atoms with Crippen molar-refractivity contribution < 1.29 is 4.79 Å². The number of anilines is 2. The number of nitrogens with zero attached hydrogens (tertiary/aromatic N) is 4. The average Bonchev–Trinajstić information content (AvgIpc) is 2.98. The van der Waals surface area contributed by atoms with Gasteiger partial charge in [0.15, 0.2) is 0 Å². The molecule has 1 fully saturated rings. The molecule has 26 heavy (non-hydrogen) atoms. The third-order valence-corrected chi connectivity index (χ3v) is 4.68. The van der Waals surface area contributed by atoms with E-state index in [0.717, 1.165) is 29.8 Å². The third kappa shape index (κ3) is 3.49. The maximum atomic E-state index is 12.5. The first-order valence-corrected chi connectivity index (χ1v) is 9.03. The van der Waals surface area contributed by atoms with Gasteiger partial charge in [-0.2, -0.15) is 0 Å². The van der Waals surface area contributed by atoms with Gasteiger partial charge in [0.25, 0.3) is 5.91 Å². The number of para-hydroxylation sites is 1. The molecule has 1 aliphatic rings. The SMILES string of the molecule is O=C(Nc1cccc2cccnc12)c1cnc(N2CCCCCC2)cn1. The van der Waals surface area contributed by atoms with Crippen LogP contribution in [0.15, 0.2) is 48.9 Å². The summed E-state index contributed by atoms with van der Waals surface area (Å²) in [5.41, 5.74) is 1.74. The van der Waals surface area contributed by atoms with Crippen LogP contribution in [0.5, 0.6) is 0 Å². The molecule has 1 amide bonds. The number of benzene rings is 1. The second kappa shape index (κ2) is 7.47. The predicted octanol–water partition coefficient (Wildman–Crippen LogP) is 3.66. The van der Waals surface area contributed by atoms with Gasteiger partial charge in [-0.05, 0) is 25.0 Å². The van der Waals surface area contributed by atoms with Crippen molar-refractivity contribution in [1.82, 2.24) is 15.0 Å². The summed E-state index contributed by atoms with van der Waals surface area (Å²) in [5.74, 6) is 0.563. The molecule has 0 bridgehead atoms. The largest absolute Gasteiger partial charge is 0.355 e. The number of fused-ring (bicyclic) bond motifs is 1. The van der Waals surface area contributed by atoms with Crippen LogP contribution in [0.3, 0.4) is 0 Å². The normalized spacial score (nSPS) is 14.8. The Balaban J connectivity index is 1.51. The lowest BCUT2D eigenvalue weighted by atomic mass is 10.2. The molecule has 0 aliphatic carbocycles. The highest BCUT2D eigenvalue weighted by Crippen LogP contribution is 2.21. The highest BCUT2D eigenvalue weighted by molar-refractivity contribution is 6.07. The van der Waals surface area contributed by atoms with Gasteiger partial charge in [-0.3, -0.25) is 9.78 Å². The lowest BCUT2D eigenvalue weighted by Crippen LogP contribution is -2.25. The van der Waals surface area contributed by atoms with Crippen LogP contribution in [-0.2, 0) is 0 Å². The van der Waals surface area contributed by atoms with Crippen LogP contribution in [-0.4, -0.2) is 33.9 Å². The number of rotatable bonds is 3. The van der Waals surface area contributed by atoms with Gasteiger partial charge in [-0.25, -0.2) is 9.97 Å². The topological polar surface area (TPSA) is 71.0 Å². The van der Waals surface area contributed by atoms with Gasteiger partial charge in [0.05, 0.1) is 23.6 Å². The fraction of sp³-hybridized carbons (Fsp3) is 0.300. The molecule has 0 spiro atoms. The summed E-state index contributed by atoms with van der Waals surface area (Å²) in [6, 6.07) is 9.54. The van der Waals surface area contributed by atoms with Crippen LogP contribution in [0.4, 0.5) is 11.5 Å². The van der Waals surface area contributed by atoms with Crippen LogP contribution < -0.4 is 10.2 Å². The van der Waals surface area contributed by atoms with E-state index in [-0.39, 0.29) is 5.91 Å². The summed E-state index contributed by atoms with van der Waals surface area (Å²) < 4.78 is 0. The van der Waals surface area contributed by atoms with Gasteiger partial charge in [0, 0.05) is 24.7 Å². The van der Waals surface area contributed by atoms with E-state index >= 15 is 0 Å². The monoisotopic (exact) mass is 347 g/mol. The van der Waals surface area contributed by atoms with Crippen molar-refractivity contribution >= 4 is 28.3 Å². The Morgan fingerprint density at radius 1 is 0.923 bits per heavy atom. The number of aromatic nitrogens is 3. The minimum Gasteiger partial charge on any atom is -0.355 e. The molecule has 6 heteroatoms. The molecule has 1 N–H and O–H groups in total. The maximum absolute atomic E-state index is 12.5. The molecular formula is C20H21N5O. The summed E-state index contributed by atoms with van der Waals surface area (Å²) in [5, 5.41) is 3.87. The Bertz CT molecular complexity index is 896. The fourth-order valence-corrected chi connectivity index (χ4v) is 3.29. The fourth-order valence-electron chi connectivity index (χ4n) is 3.29. The number of carbonyl (C=O) groups is 1. The van der Waals surface area contributed by atoms with Crippen LogP contribution in [0.2, 0.25) is 0 Å². The van der Waals surface area contributed by atoms with Crippen molar-refractivity contribution in [2.45, 2.75) is 25.7 Å². The van der Waals surface area contributed by atoms with E-state index in [1.165, 1.54) is 25.7 Å². The summed E-state index contributed by atoms with van der Waals surface area (Å²) in [6.45, 7) is 2.00. The van der Waals surface area contributed by atoms with E-state index in [2.05, 4.69) is 25.2 Å². The number of hydrogen-bond acceptors (Lipinski definition) is 5. The molecule has 0 atom stereocenters. The van der Waals surface area contributed by atoms with Gasteiger partial charge in [-0.15, -0.1) is 0 Å². The molecule has 1 aromatic carbocycles. The van der Waals surface area contributed by atoms with Crippen molar-refractivity contribution in [2.75, 3.05) is 23.3 Å². The van der Waals surface area contributed by atoms with Crippen molar-refractivity contribution in [3.05, 3.63) is 54.6 Å². The Morgan fingerprint density at radius 2 is 1.73 bits per heavy atom. The van der Waals surface area contributed by atoms with Crippen molar-refractivity contribution in [3.63, 3.8) is 0 Å².